The monoisotopic (exact) mass is 417 g/mol. The lowest BCUT2D eigenvalue weighted by molar-refractivity contribution is -0.119. The van der Waals surface area contributed by atoms with E-state index in [0.717, 1.165) is 42.8 Å². The second-order valence-electron chi connectivity index (χ2n) is 8.40. The lowest BCUT2D eigenvalue weighted by atomic mass is 9.95. The zero-order valence-electron chi connectivity index (χ0n) is 17.4. The molecule has 0 aliphatic carbocycles. The Kier molecular flexibility index (Phi) is 5.57. The first kappa shape index (κ1) is 20.0. The van der Waals surface area contributed by atoms with Gasteiger partial charge in [-0.25, -0.2) is 4.98 Å². The van der Waals surface area contributed by atoms with Gasteiger partial charge in [0.25, 0.3) is 0 Å². The molecule has 6 heteroatoms. The lowest BCUT2D eigenvalue weighted by Gasteiger charge is -2.22. The smallest absolute Gasteiger partial charge is 0.226 e. The van der Waals surface area contributed by atoms with Crippen LogP contribution in [-0.2, 0) is 9.53 Å². The molecule has 0 radical (unpaired) electrons. The molecule has 3 aromatic rings. The van der Waals surface area contributed by atoms with E-state index in [1.54, 1.807) is 0 Å². The highest BCUT2D eigenvalue weighted by Gasteiger charge is 2.30. The Labute approximate surface area is 181 Å². The van der Waals surface area contributed by atoms with E-state index in [2.05, 4.69) is 27.0 Å². The number of nitrogens with zero attached hydrogens (tertiary/aromatic N) is 2. The van der Waals surface area contributed by atoms with Crippen LogP contribution in [0.15, 0.2) is 61.1 Å². The summed E-state index contributed by atoms with van der Waals surface area (Å²) in [5, 5.41) is 13.9. The quantitative estimate of drug-likeness (QED) is 0.620. The van der Waals surface area contributed by atoms with Crippen LogP contribution in [0.2, 0.25) is 0 Å². The molecule has 3 atom stereocenters. The Morgan fingerprint density at radius 2 is 2.03 bits per heavy atom. The van der Waals surface area contributed by atoms with Gasteiger partial charge >= 0.3 is 0 Å². The molecule has 0 saturated carbocycles. The van der Waals surface area contributed by atoms with E-state index in [1.165, 1.54) is 11.1 Å². The standard InChI is InChI=1S/C25H27N3O3/c29-24(14-22-20-6-1-2-7-21(20)23-15-26-16-28(22)23)17-8-10-18(11-9-17)27-25(30)13-19-5-3-4-12-31-19/h1-2,6-11,15-16,19,22,24,29H,3-5,12-14H2,(H,27,30). The Morgan fingerprint density at radius 3 is 2.84 bits per heavy atom. The van der Waals surface area contributed by atoms with Crippen molar-refractivity contribution in [3.8, 4) is 11.3 Å². The summed E-state index contributed by atoms with van der Waals surface area (Å²) in [5.74, 6) is -0.0320. The predicted octanol–water partition coefficient (Wildman–Crippen LogP) is 4.47. The second kappa shape index (κ2) is 8.65. The molecule has 1 saturated heterocycles. The SMILES string of the molecule is O=C(CC1CCCCO1)Nc1ccc(C(O)CC2c3ccccc3-c3cncn32)cc1. The van der Waals surface area contributed by atoms with Crippen molar-refractivity contribution in [2.24, 2.45) is 0 Å². The van der Waals surface area contributed by atoms with Crippen molar-refractivity contribution in [1.82, 2.24) is 9.55 Å². The Balaban J connectivity index is 1.23. The van der Waals surface area contributed by atoms with Gasteiger partial charge in [0, 0.05) is 24.3 Å². The third kappa shape index (κ3) is 4.13. The van der Waals surface area contributed by atoms with E-state index >= 15 is 0 Å². The number of aliphatic hydroxyl groups is 1. The Morgan fingerprint density at radius 1 is 1.19 bits per heavy atom. The molecule has 3 heterocycles. The van der Waals surface area contributed by atoms with Crippen LogP contribution >= 0.6 is 0 Å². The predicted molar refractivity (Wildman–Crippen MR) is 119 cm³/mol. The number of amides is 1. The molecule has 31 heavy (non-hydrogen) atoms. The van der Waals surface area contributed by atoms with Crippen molar-refractivity contribution in [3.05, 3.63) is 72.2 Å². The third-order valence-corrected chi connectivity index (χ3v) is 6.31. The van der Waals surface area contributed by atoms with E-state index < -0.39 is 6.10 Å². The normalized spacial score (nSPS) is 20.7. The molecule has 2 aliphatic rings. The zero-order chi connectivity index (χ0) is 21.2. The summed E-state index contributed by atoms with van der Waals surface area (Å²) >= 11 is 0. The Hall–Kier alpha value is -2.96. The largest absolute Gasteiger partial charge is 0.388 e. The van der Waals surface area contributed by atoms with Crippen molar-refractivity contribution in [2.45, 2.75) is 50.4 Å². The molecule has 0 bridgehead atoms. The van der Waals surface area contributed by atoms with Crippen LogP contribution < -0.4 is 5.32 Å². The summed E-state index contributed by atoms with van der Waals surface area (Å²) in [6, 6.07) is 15.8. The lowest BCUT2D eigenvalue weighted by Crippen LogP contribution is -2.25. The molecule has 2 aromatic carbocycles. The molecule has 160 valence electrons. The van der Waals surface area contributed by atoms with Gasteiger partial charge < -0.3 is 19.7 Å². The highest BCUT2D eigenvalue weighted by atomic mass is 16.5. The van der Waals surface area contributed by atoms with Gasteiger partial charge in [0.15, 0.2) is 0 Å². The average Bonchev–Trinajstić information content (AvgIpc) is 3.38. The third-order valence-electron chi connectivity index (χ3n) is 6.31. The number of carbonyl (C=O) groups excluding carboxylic acids is 1. The molecule has 1 fully saturated rings. The van der Waals surface area contributed by atoms with Crippen molar-refractivity contribution in [3.63, 3.8) is 0 Å². The number of benzene rings is 2. The molecule has 0 spiro atoms. The summed E-state index contributed by atoms with van der Waals surface area (Å²) < 4.78 is 7.78. The van der Waals surface area contributed by atoms with Gasteiger partial charge in [-0.3, -0.25) is 4.79 Å². The minimum Gasteiger partial charge on any atom is -0.388 e. The van der Waals surface area contributed by atoms with Crippen molar-refractivity contribution >= 4 is 11.6 Å². The van der Waals surface area contributed by atoms with Crippen LogP contribution in [0.4, 0.5) is 5.69 Å². The number of carbonyl (C=O) groups is 1. The fourth-order valence-corrected chi connectivity index (χ4v) is 4.70. The van der Waals surface area contributed by atoms with Crippen molar-refractivity contribution < 1.29 is 14.6 Å². The van der Waals surface area contributed by atoms with Crippen molar-refractivity contribution in [1.29, 1.82) is 0 Å². The van der Waals surface area contributed by atoms with E-state index in [-0.39, 0.29) is 18.1 Å². The number of rotatable bonds is 6. The van der Waals surface area contributed by atoms with Crippen LogP contribution in [0.3, 0.4) is 0 Å². The maximum absolute atomic E-state index is 12.3. The van der Waals surface area contributed by atoms with Crippen LogP contribution in [0, 0.1) is 0 Å². The first-order valence-electron chi connectivity index (χ1n) is 11.0. The van der Waals surface area contributed by atoms with Gasteiger partial charge in [0.2, 0.25) is 5.91 Å². The number of aliphatic hydroxyl groups excluding tert-OH is 1. The molecular weight excluding hydrogens is 390 g/mol. The number of hydrogen-bond donors (Lipinski definition) is 2. The highest BCUT2D eigenvalue weighted by molar-refractivity contribution is 5.91. The second-order valence-corrected chi connectivity index (χ2v) is 8.40. The van der Waals surface area contributed by atoms with Gasteiger partial charge in [-0.15, -0.1) is 0 Å². The summed E-state index contributed by atoms with van der Waals surface area (Å²) in [6.07, 6.45) is 7.21. The first-order chi connectivity index (χ1) is 15.2. The van der Waals surface area contributed by atoms with Crippen LogP contribution in [0.25, 0.3) is 11.3 Å². The molecule has 2 N–H and O–H groups in total. The molecule has 2 aliphatic heterocycles. The molecule has 1 amide bonds. The van der Waals surface area contributed by atoms with Gasteiger partial charge in [-0.05, 0) is 42.5 Å². The van der Waals surface area contributed by atoms with Crippen LogP contribution in [0.5, 0.6) is 0 Å². The number of ether oxygens (including phenoxy) is 1. The minimum atomic E-state index is -0.619. The first-order valence-corrected chi connectivity index (χ1v) is 11.0. The molecular formula is C25H27N3O3. The summed E-state index contributed by atoms with van der Waals surface area (Å²) in [6.45, 7) is 0.747. The minimum absolute atomic E-state index is 0.0252. The fraction of sp³-hybridized carbons (Fsp3) is 0.360. The Bertz CT molecular complexity index is 1050. The van der Waals surface area contributed by atoms with Crippen LogP contribution in [-0.4, -0.2) is 33.3 Å². The zero-order valence-corrected chi connectivity index (χ0v) is 17.4. The molecule has 6 nitrogen and oxygen atoms in total. The number of imidazole rings is 1. The summed E-state index contributed by atoms with van der Waals surface area (Å²) in [4.78, 5) is 16.6. The van der Waals surface area contributed by atoms with Crippen molar-refractivity contribution in [2.75, 3.05) is 11.9 Å². The fourth-order valence-electron chi connectivity index (χ4n) is 4.70. The van der Waals surface area contributed by atoms with Gasteiger partial charge in [-0.2, -0.15) is 0 Å². The van der Waals surface area contributed by atoms with E-state index in [9.17, 15) is 9.90 Å². The summed E-state index contributed by atoms with van der Waals surface area (Å²) in [5.41, 5.74) is 5.05. The topological polar surface area (TPSA) is 76.4 Å². The number of fused-ring (bicyclic) bond motifs is 3. The number of hydrogen-bond acceptors (Lipinski definition) is 4. The van der Waals surface area contributed by atoms with Gasteiger partial charge in [0.05, 0.1) is 42.9 Å². The van der Waals surface area contributed by atoms with Gasteiger partial charge in [0.1, 0.15) is 0 Å². The highest BCUT2D eigenvalue weighted by Crippen LogP contribution is 2.42. The maximum atomic E-state index is 12.3. The molecule has 3 unspecified atom stereocenters. The van der Waals surface area contributed by atoms with E-state index in [4.69, 9.17) is 4.74 Å². The van der Waals surface area contributed by atoms with E-state index in [0.29, 0.717) is 12.8 Å². The number of aromatic nitrogens is 2. The number of anilines is 1. The van der Waals surface area contributed by atoms with Gasteiger partial charge in [-0.1, -0.05) is 36.4 Å². The number of nitrogens with one attached hydrogen (secondary N) is 1. The van der Waals surface area contributed by atoms with E-state index in [1.807, 2.05) is 48.9 Å². The average molecular weight is 418 g/mol. The molecule has 5 rings (SSSR count). The summed E-state index contributed by atoms with van der Waals surface area (Å²) in [7, 11) is 0. The molecule has 1 aromatic heterocycles. The maximum Gasteiger partial charge on any atom is 0.226 e. The van der Waals surface area contributed by atoms with Crippen LogP contribution in [0.1, 0.15) is 55.4 Å².